The van der Waals surface area contributed by atoms with E-state index >= 15 is 0 Å². The molecule has 0 radical (unpaired) electrons. The molecule has 0 spiro atoms. The molecule has 0 saturated heterocycles. The van der Waals surface area contributed by atoms with E-state index in [1.807, 2.05) is 55.5 Å². The van der Waals surface area contributed by atoms with Gasteiger partial charge in [-0.05, 0) is 42.3 Å². The maximum Gasteiger partial charge on any atom is 0.238 e. The SMILES string of the molecule is Cc1nnc(C(C)Nc2cccc(COc3ccc(CC#N)cc3)c2)o1. The Labute approximate surface area is 152 Å². The van der Waals surface area contributed by atoms with Crippen molar-refractivity contribution in [1.82, 2.24) is 10.2 Å². The highest BCUT2D eigenvalue weighted by atomic mass is 16.5. The minimum absolute atomic E-state index is 0.0833. The van der Waals surface area contributed by atoms with Gasteiger partial charge >= 0.3 is 0 Å². The van der Waals surface area contributed by atoms with Crippen LogP contribution in [0.2, 0.25) is 0 Å². The first-order chi connectivity index (χ1) is 12.6. The third kappa shape index (κ3) is 4.61. The molecule has 0 aliphatic heterocycles. The van der Waals surface area contributed by atoms with Crippen LogP contribution >= 0.6 is 0 Å². The number of rotatable bonds is 7. The third-order valence-electron chi connectivity index (χ3n) is 3.83. The van der Waals surface area contributed by atoms with Gasteiger partial charge < -0.3 is 14.5 Å². The zero-order chi connectivity index (χ0) is 18.4. The Morgan fingerprint density at radius 1 is 1.15 bits per heavy atom. The van der Waals surface area contributed by atoms with Crippen molar-refractivity contribution in [2.24, 2.45) is 0 Å². The van der Waals surface area contributed by atoms with Gasteiger partial charge in [-0.3, -0.25) is 0 Å². The summed E-state index contributed by atoms with van der Waals surface area (Å²) in [5.41, 5.74) is 2.99. The number of aryl methyl sites for hydroxylation is 1. The normalized spacial score (nSPS) is 11.6. The van der Waals surface area contributed by atoms with Crippen LogP contribution in [0.5, 0.6) is 5.75 Å². The number of nitrogens with one attached hydrogen (secondary N) is 1. The largest absolute Gasteiger partial charge is 0.489 e. The summed E-state index contributed by atoms with van der Waals surface area (Å²) in [5, 5.41) is 19.9. The molecule has 0 saturated carbocycles. The quantitative estimate of drug-likeness (QED) is 0.689. The molecule has 1 atom stereocenters. The molecule has 1 heterocycles. The number of ether oxygens (including phenoxy) is 1. The van der Waals surface area contributed by atoms with Gasteiger partial charge in [0.2, 0.25) is 11.8 Å². The summed E-state index contributed by atoms with van der Waals surface area (Å²) in [7, 11) is 0. The minimum Gasteiger partial charge on any atom is -0.489 e. The summed E-state index contributed by atoms with van der Waals surface area (Å²) in [6.07, 6.45) is 0.408. The lowest BCUT2D eigenvalue weighted by Gasteiger charge is -2.13. The lowest BCUT2D eigenvalue weighted by molar-refractivity contribution is 0.306. The number of anilines is 1. The van der Waals surface area contributed by atoms with Gasteiger partial charge in [-0.25, -0.2) is 0 Å². The molecule has 132 valence electrons. The van der Waals surface area contributed by atoms with E-state index in [0.29, 0.717) is 24.8 Å². The second kappa shape index (κ2) is 8.17. The molecule has 1 N–H and O–H groups in total. The number of hydrogen-bond donors (Lipinski definition) is 1. The maximum absolute atomic E-state index is 8.70. The first-order valence-electron chi connectivity index (χ1n) is 8.38. The van der Waals surface area contributed by atoms with Crippen molar-refractivity contribution in [3.05, 3.63) is 71.4 Å². The maximum atomic E-state index is 8.70. The van der Waals surface area contributed by atoms with Crippen molar-refractivity contribution in [2.75, 3.05) is 5.32 Å². The van der Waals surface area contributed by atoms with Crippen LogP contribution in [-0.4, -0.2) is 10.2 Å². The van der Waals surface area contributed by atoms with Crippen molar-refractivity contribution < 1.29 is 9.15 Å². The summed E-state index contributed by atoms with van der Waals surface area (Å²) < 4.78 is 11.3. The second-order valence-corrected chi connectivity index (χ2v) is 5.99. The fourth-order valence-electron chi connectivity index (χ4n) is 2.51. The Morgan fingerprint density at radius 3 is 2.65 bits per heavy atom. The average Bonchev–Trinajstić information content (AvgIpc) is 3.08. The summed E-state index contributed by atoms with van der Waals surface area (Å²) in [5.74, 6) is 1.89. The Balaban J connectivity index is 1.59. The zero-order valence-corrected chi connectivity index (χ0v) is 14.8. The summed E-state index contributed by atoms with van der Waals surface area (Å²) in [6.45, 7) is 4.20. The van der Waals surface area contributed by atoms with Gasteiger partial charge in [-0.1, -0.05) is 24.3 Å². The molecule has 0 fully saturated rings. The number of nitriles is 1. The topological polar surface area (TPSA) is 84.0 Å². The van der Waals surface area contributed by atoms with Crippen LogP contribution in [-0.2, 0) is 13.0 Å². The van der Waals surface area contributed by atoms with Gasteiger partial charge in [0.05, 0.1) is 12.5 Å². The first-order valence-corrected chi connectivity index (χ1v) is 8.38. The summed E-state index contributed by atoms with van der Waals surface area (Å²) in [4.78, 5) is 0. The van der Waals surface area contributed by atoms with Gasteiger partial charge in [0.15, 0.2) is 0 Å². The molecule has 26 heavy (non-hydrogen) atoms. The number of nitrogens with zero attached hydrogens (tertiary/aromatic N) is 3. The fraction of sp³-hybridized carbons (Fsp3) is 0.250. The molecule has 0 aliphatic rings. The Bertz CT molecular complexity index is 897. The van der Waals surface area contributed by atoms with E-state index in [4.69, 9.17) is 14.4 Å². The molecule has 2 aromatic carbocycles. The van der Waals surface area contributed by atoms with Crippen molar-refractivity contribution in [1.29, 1.82) is 5.26 Å². The number of hydrogen-bond acceptors (Lipinski definition) is 6. The smallest absolute Gasteiger partial charge is 0.238 e. The van der Waals surface area contributed by atoms with Crippen LogP contribution in [0.1, 0.15) is 35.9 Å². The second-order valence-electron chi connectivity index (χ2n) is 5.99. The van der Waals surface area contributed by atoms with E-state index in [0.717, 1.165) is 22.6 Å². The molecule has 6 nitrogen and oxygen atoms in total. The summed E-state index contributed by atoms with van der Waals surface area (Å²) in [6, 6.07) is 17.6. The molecular weight excluding hydrogens is 328 g/mol. The van der Waals surface area contributed by atoms with Gasteiger partial charge in [-0.2, -0.15) is 5.26 Å². The first kappa shape index (κ1) is 17.5. The molecular formula is C20H20N4O2. The van der Waals surface area contributed by atoms with E-state index in [-0.39, 0.29) is 6.04 Å². The van der Waals surface area contributed by atoms with E-state index in [1.54, 1.807) is 6.92 Å². The molecule has 3 aromatic rings. The van der Waals surface area contributed by atoms with E-state index in [1.165, 1.54) is 0 Å². The van der Waals surface area contributed by atoms with Crippen molar-refractivity contribution in [3.63, 3.8) is 0 Å². The van der Waals surface area contributed by atoms with E-state index in [2.05, 4.69) is 21.6 Å². The molecule has 0 aliphatic carbocycles. The van der Waals surface area contributed by atoms with Crippen LogP contribution in [0.4, 0.5) is 5.69 Å². The lowest BCUT2D eigenvalue weighted by Crippen LogP contribution is -2.07. The van der Waals surface area contributed by atoms with E-state index < -0.39 is 0 Å². The van der Waals surface area contributed by atoms with Crippen molar-refractivity contribution in [3.8, 4) is 11.8 Å². The van der Waals surface area contributed by atoms with Crippen LogP contribution in [0, 0.1) is 18.3 Å². The molecule has 6 heteroatoms. The summed E-state index contributed by atoms with van der Waals surface area (Å²) >= 11 is 0. The van der Waals surface area contributed by atoms with Crippen LogP contribution < -0.4 is 10.1 Å². The standard InChI is InChI=1S/C20H20N4O2/c1-14(20-24-23-15(2)26-20)22-18-5-3-4-17(12-18)13-25-19-8-6-16(7-9-19)10-11-21/h3-9,12,14,22H,10,13H2,1-2H3. The van der Waals surface area contributed by atoms with Crippen LogP contribution in [0.3, 0.4) is 0 Å². The van der Waals surface area contributed by atoms with Crippen molar-refractivity contribution >= 4 is 5.69 Å². The van der Waals surface area contributed by atoms with Gasteiger partial charge in [0, 0.05) is 12.6 Å². The predicted molar refractivity (Wildman–Crippen MR) is 97.6 cm³/mol. The predicted octanol–water partition coefficient (Wildman–Crippen LogP) is 4.20. The molecule has 3 rings (SSSR count). The van der Waals surface area contributed by atoms with Crippen LogP contribution in [0.15, 0.2) is 52.9 Å². The zero-order valence-electron chi connectivity index (χ0n) is 14.8. The Kier molecular flexibility index (Phi) is 5.49. The van der Waals surface area contributed by atoms with Crippen LogP contribution in [0.25, 0.3) is 0 Å². The van der Waals surface area contributed by atoms with Gasteiger partial charge in [0.25, 0.3) is 0 Å². The van der Waals surface area contributed by atoms with Gasteiger partial charge in [0.1, 0.15) is 18.4 Å². The highest BCUT2D eigenvalue weighted by Crippen LogP contribution is 2.20. The molecule has 1 unspecified atom stereocenters. The third-order valence-corrected chi connectivity index (χ3v) is 3.83. The minimum atomic E-state index is -0.0833. The average molecular weight is 348 g/mol. The monoisotopic (exact) mass is 348 g/mol. The number of benzene rings is 2. The Hall–Kier alpha value is -3.33. The fourth-order valence-corrected chi connectivity index (χ4v) is 2.51. The molecule has 0 amide bonds. The lowest BCUT2D eigenvalue weighted by atomic mass is 10.1. The Morgan fingerprint density at radius 2 is 1.96 bits per heavy atom. The molecule has 1 aromatic heterocycles. The van der Waals surface area contributed by atoms with Crippen molar-refractivity contribution in [2.45, 2.75) is 32.9 Å². The molecule has 0 bridgehead atoms. The highest BCUT2D eigenvalue weighted by Gasteiger charge is 2.12. The van der Waals surface area contributed by atoms with Gasteiger partial charge in [-0.15, -0.1) is 10.2 Å². The highest BCUT2D eigenvalue weighted by molar-refractivity contribution is 5.46. The number of aromatic nitrogens is 2. The van der Waals surface area contributed by atoms with E-state index in [9.17, 15) is 0 Å².